The molecule has 0 unspecified atom stereocenters. The van der Waals surface area contributed by atoms with Crippen molar-refractivity contribution in [3.8, 4) is 0 Å². The lowest BCUT2D eigenvalue weighted by molar-refractivity contribution is -0.117. The number of carbonyl (C=O) groups excluding carboxylic acids is 1. The molecular formula is C16H26N4O. The van der Waals surface area contributed by atoms with Gasteiger partial charge < -0.3 is 16.0 Å². The van der Waals surface area contributed by atoms with Crippen LogP contribution >= 0.6 is 0 Å². The third-order valence-corrected chi connectivity index (χ3v) is 3.97. The van der Waals surface area contributed by atoms with Gasteiger partial charge in [0.2, 0.25) is 5.91 Å². The Morgan fingerprint density at radius 1 is 1.38 bits per heavy atom. The van der Waals surface area contributed by atoms with Gasteiger partial charge in [0.1, 0.15) is 0 Å². The molecule has 1 amide bonds. The highest BCUT2D eigenvalue weighted by atomic mass is 16.2. The second kappa shape index (κ2) is 6.91. The molecule has 1 aromatic rings. The van der Waals surface area contributed by atoms with Crippen LogP contribution in [0.1, 0.15) is 18.4 Å². The van der Waals surface area contributed by atoms with Crippen molar-refractivity contribution in [2.24, 2.45) is 5.73 Å². The van der Waals surface area contributed by atoms with Gasteiger partial charge in [-0.15, -0.1) is 0 Å². The summed E-state index contributed by atoms with van der Waals surface area (Å²) in [6, 6.07) is 6.29. The van der Waals surface area contributed by atoms with Crippen LogP contribution in [0.3, 0.4) is 0 Å². The lowest BCUT2D eigenvalue weighted by Gasteiger charge is -2.29. The van der Waals surface area contributed by atoms with Crippen molar-refractivity contribution in [2.75, 3.05) is 43.9 Å². The van der Waals surface area contributed by atoms with Gasteiger partial charge in [0.05, 0.1) is 6.54 Å². The number of rotatable bonds is 4. The number of nitrogens with zero attached hydrogens (tertiary/aromatic N) is 2. The fraction of sp³-hybridized carbons (Fsp3) is 0.562. The zero-order chi connectivity index (χ0) is 15.4. The number of anilines is 2. The highest BCUT2D eigenvalue weighted by Gasteiger charge is 2.18. The summed E-state index contributed by atoms with van der Waals surface area (Å²) in [5.74, 6) is 0.0408. The Morgan fingerprint density at radius 2 is 2.05 bits per heavy atom. The summed E-state index contributed by atoms with van der Waals surface area (Å²) in [5, 5.41) is 2.98. The average Bonchev–Trinajstić information content (AvgIpc) is 2.43. The molecular weight excluding hydrogens is 264 g/mol. The largest absolute Gasteiger partial charge is 0.377 e. The second-order valence-corrected chi connectivity index (χ2v) is 6.06. The van der Waals surface area contributed by atoms with Crippen LogP contribution in [0.5, 0.6) is 0 Å². The summed E-state index contributed by atoms with van der Waals surface area (Å²) < 4.78 is 0. The van der Waals surface area contributed by atoms with Gasteiger partial charge in [-0.05, 0) is 37.5 Å². The maximum atomic E-state index is 12.1. The minimum Gasteiger partial charge on any atom is -0.377 e. The van der Waals surface area contributed by atoms with E-state index in [2.05, 4.69) is 22.0 Å². The lowest BCUT2D eigenvalue weighted by atomic mass is 10.1. The van der Waals surface area contributed by atoms with Gasteiger partial charge in [0.25, 0.3) is 0 Å². The van der Waals surface area contributed by atoms with Crippen molar-refractivity contribution in [1.29, 1.82) is 0 Å². The number of nitrogens with two attached hydrogens (primary N) is 1. The number of hydrogen-bond acceptors (Lipinski definition) is 4. The van der Waals surface area contributed by atoms with Gasteiger partial charge in [-0.2, -0.15) is 0 Å². The van der Waals surface area contributed by atoms with Gasteiger partial charge in [-0.3, -0.25) is 9.69 Å². The summed E-state index contributed by atoms with van der Waals surface area (Å²) in [5.41, 5.74) is 9.05. The van der Waals surface area contributed by atoms with Crippen molar-refractivity contribution >= 4 is 17.3 Å². The van der Waals surface area contributed by atoms with E-state index in [0.29, 0.717) is 12.6 Å². The first kappa shape index (κ1) is 15.8. The van der Waals surface area contributed by atoms with Crippen LogP contribution in [0, 0.1) is 6.92 Å². The predicted molar refractivity (Wildman–Crippen MR) is 87.8 cm³/mol. The lowest BCUT2D eigenvalue weighted by Crippen LogP contribution is -2.43. The van der Waals surface area contributed by atoms with E-state index in [1.807, 2.05) is 32.3 Å². The fourth-order valence-corrected chi connectivity index (χ4v) is 2.68. The monoisotopic (exact) mass is 290 g/mol. The zero-order valence-corrected chi connectivity index (χ0v) is 13.2. The summed E-state index contributed by atoms with van der Waals surface area (Å²) in [7, 11) is 4.01. The molecule has 2 rings (SSSR count). The van der Waals surface area contributed by atoms with E-state index in [1.165, 1.54) is 5.56 Å². The smallest absolute Gasteiger partial charge is 0.238 e. The second-order valence-electron chi connectivity index (χ2n) is 6.06. The Morgan fingerprint density at radius 3 is 2.67 bits per heavy atom. The molecule has 1 aromatic carbocycles. The van der Waals surface area contributed by atoms with E-state index >= 15 is 0 Å². The summed E-state index contributed by atoms with van der Waals surface area (Å²) in [4.78, 5) is 16.3. The molecule has 1 fully saturated rings. The van der Waals surface area contributed by atoms with Crippen molar-refractivity contribution in [2.45, 2.75) is 25.8 Å². The molecule has 0 spiro atoms. The molecule has 0 aromatic heterocycles. The minimum absolute atomic E-state index is 0.0408. The Balaban J connectivity index is 1.92. The molecule has 1 aliphatic heterocycles. The first-order valence-corrected chi connectivity index (χ1v) is 7.51. The van der Waals surface area contributed by atoms with Crippen LogP contribution in [0.15, 0.2) is 18.2 Å². The molecule has 0 radical (unpaired) electrons. The van der Waals surface area contributed by atoms with E-state index in [9.17, 15) is 4.79 Å². The molecule has 5 heteroatoms. The Kier molecular flexibility index (Phi) is 5.20. The number of nitrogens with one attached hydrogen (secondary N) is 1. The van der Waals surface area contributed by atoms with Crippen molar-refractivity contribution in [3.63, 3.8) is 0 Å². The molecule has 1 heterocycles. The van der Waals surface area contributed by atoms with E-state index < -0.39 is 0 Å². The van der Waals surface area contributed by atoms with E-state index in [-0.39, 0.29) is 5.91 Å². The van der Waals surface area contributed by atoms with Gasteiger partial charge in [0.15, 0.2) is 0 Å². The zero-order valence-electron chi connectivity index (χ0n) is 13.2. The number of piperidine rings is 1. The number of benzene rings is 1. The highest BCUT2D eigenvalue weighted by Crippen LogP contribution is 2.22. The molecule has 5 nitrogen and oxygen atoms in total. The molecule has 1 aliphatic rings. The molecule has 1 saturated heterocycles. The molecule has 0 aliphatic carbocycles. The molecule has 116 valence electrons. The first-order chi connectivity index (χ1) is 9.95. The maximum Gasteiger partial charge on any atom is 0.238 e. The predicted octanol–water partition coefficient (Wildman–Crippen LogP) is 1.42. The molecule has 3 N–H and O–H groups in total. The van der Waals surface area contributed by atoms with E-state index in [0.717, 1.165) is 37.3 Å². The standard InChI is InChI=1S/C16H26N4O/c1-12-4-5-14(10-15(12)19(2)3)18-16(21)11-20-8-6-13(17)7-9-20/h4-5,10,13H,6-9,11,17H2,1-3H3,(H,18,21). The SMILES string of the molecule is Cc1ccc(NC(=O)CN2CCC(N)CC2)cc1N(C)C. The minimum atomic E-state index is 0.0408. The van der Waals surface area contributed by atoms with E-state index in [1.54, 1.807) is 0 Å². The molecule has 0 saturated carbocycles. The third-order valence-electron chi connectivity index (χ3n) is 3.97. The summed E-state index contributed by atoms with van der Waals surface area (Å²) in [6.45, 7) is 4.33. The Hall–Kier alpha value is -1.59. The fourth-order valence-electron chi connectivity index (χ4n) is 2.68. The van der Waals surface area contributed by atoms with Crippen molar-refractivity contribution < 1.29 is 4.79 Å². The van der Waals surface area contributed by atoms with Gasteiger partial charge in [0, 0.05) is 44.6 Å². The quantitative estimate of drug-likeness (QED) is 0.880. The number of likely N-dealkylation sites (tertiary alicyclic amines) is 1. The van der Waals surface area contributed by atoms with Gasteiger partial charge in [-0.1, -0.05) is 6.07 Å². The summed E-state index contributed by atoms with van der Waals surface area (Å²) in [6.07, 6.45) is 1.95. The van der Waals surface area contributed by atoms with Crippen LogP contribution in [0.2, 0.25) is 0 Å². The molecule has 0 bridgehead atoms. The van der Waals surface area contributed by atoms with Gasteiger partial charge >= 0.3 is 0 Å². The average molecular weight is 290 g/mol. The van der Waals surface area contributed by atoms with Crippen molar-refractivity contribution in [3.05, 3.63) is 23.8 Å². The topological polar surface area (TPSA) is 61.6 Å². The van der Waals surface area contributed by atoms with E-state index in [4.69, 9.17) is 5.73 Å². The van der Waals surface area contributed by atoms with Crippen LogP contribution in [0.4, 0.5) is 11.4 Å². The number of carbonyl (C=O) groups is 1. The normalized spacial score (nSPS) is 16.8. The molecule has 0 atom stereocenters. The Bertz CT molecular complexity index is 493. The third kappa shape index (κ3) is 4.44. The summed E-state index contributed by atoms with van der Waals surface area (Å²) >= 11 is 0. The van der Waals surface area contributed by atoms with Crippen LogP contribution < -0.4 is 16.0 Å². The maximum absolute atomic E-state index is 12.1. The number of aryl methyl sites for hydroxylation is 1. The Labute approximate surface area is 127 Å². The van der Waals surface area contributed by atoms with Crippen LogP contribution in [-0.2, 0) is 4.79 Å². The van der Waals surface area contributed by atoms with Crippen LogP contribution in [-0.4, -0.2) is 50.6 Å². The van der Waals surface area contributed by atoms with Crippen LogP contribution in [0.25, 0.3) is 0 Å². The number of amides is 1. The first-order valence-electron chi connectivity index (χ1n) is 7.51. The van der Waals surface area contributed by atoms with Crippen molar-refractivity contribution in [1.82, 2.24) is 4.90 Å². The number of hydrogen-bond donors (Lipinski definition) is 2. The molecule has 21 heavy (non-hydrogen) atoms. The van der Waals surface area contributed by atoms with Gasteiger partial charge in [-0.25, -0.2) is 0 Å². The highest BCUT2D eigenvalue weighted by molar-refractivity contribution is 5.92.